The standard InChI is InChI=1S/C62H50N4O10S2/c1-35-43(55(67)65(57(69)47(35)31-63)59(71)73-33-37-15-7-3-8-16-37)27-41-29-51-53(77-41)45-23-39-26-50-46(24-40(39)25-49(45)61(75-51)19-11-5-12-20-61)54-52(76-62(50)21-13-6-14-22-62)30-42(78-54)28-44-36(2)48(32-64)58(70)66(56(44)68)60(72)74-34-38-17-9-4-10-18-38/h3-4,7-10,15-18,23-30,39-40H,5-6,11-14,19-22,33-34H2,1-2H3/b43-27-,44-28+. The van der Waals surface area contributed by atoms with Crippen LogP contribution in [0.1, 0.15) is 109 Å². The Labute approximate surface area is 457 Å². The topological polar surface area (TPSA) is 193 Å². The molecule has 2 spiro atoms. The number of benzene rings is 2. The highest BCUT2D eigenvalue weighted by Crippen LogP contribution is 2.60. The molecule has 16 heteroatoms. The van der Waals surface area contributed by atoms with Crippen molar-refractivity contribution in [1.82, 2.24) is 9.80 Å². The van der Waals surface area contributed by atoms with E-state index in [1.165, 1.54) is 36.5 Å². The molecule has 2 atom stereocenters. The number of thiophene rings is 2. The van der Waals surface area contributed by atoms with Gasteiger partial charge in [0.25, 0.3) is 23.6 Å². The third-order valence-corrected chi connectivity index (χ3v) is 18.3. The number of allylic oxidation sites excluding steroid dienone is 4. The van der Waals surface area contributed by atoms with Gasteiger partial charge in [0, 0.05) is 43.9 Å². The molecule has 2 saturated carbocycles. The lowest BCUT2D eigenvalue weighted by Gasteiger charge is -2.48. The summed E-state index contributed by atoms with van der Waals surface area (Å²) in [5.41, 5.74) is 4.22. The lowest BCUT2D eigenvalue weighted by Crippen LogP contribution is -2.46. The highest BCUT2D eigenvalue weighted by atomic mass is 32.1. The molecular formula is C62H50N4O10S2. The number of hydrogen-bond acceptors (Lipinski definition) is 14. The predicted molar refractivity (Wildman–Crippen MR) is 290 cm³/mol. The SMILES string of the molecule is CC1=C(C#N)C(=O)N(C(=O)OCc2ccccc2)C(=O)/C1=C\c1cc2c(s1)C1=CC3C=C4C(=CC3C=C1C1(CCCCC1)O2)c1sc(/C=C2/C(=O)N(C(=O)OCc3ccccc3)C(=O)C(C#N)=C2C)cc1OC41CCCCC1. The zero-order valence-electron chi connectivity index (χ0n) is 42.7. The average Bonchev–Trinajstić information content (AvgIpc) is 4.24. The maximum Gasteiger partial charge on any atom is 0.424 e. The molecule has 0 bridgehead atoms. The van der Waals surface area contributed by atoms with Crippen molar-refractivity contribution in [2.75, 3.05) is 0 Å². The third-order valence-electron chi connectivity index (χ3n) is 16.1. The Morgan fingerprint density at radius 2 is 0.974 bits per heavy atom. The highest BCUT2D eigenvalue weighted by Gasteiger charge is 2.51. The van der Waals surface area contributed by atoms with E-state index in [9.17, 15) is 39.3 Å². The van der Waals surface area contributed by atoms with E-state index in [0.29, 0.717) is 42.2 Å². The van der Waals surface area contributed by atoms with Crippen molar-refractivity contribution in [3.8, 4) is 23.6 Å². The highest BCUT2D eigenvalue weighted by molar-refractivity contribution is 7.15. The second-order valence-electron chi connectivity index (χ2n) is 20.8. The van der Waals surface area contributed by atoms with Gasteiger partial charge in [-0.25, -0.2) is 9.59 Å². The molecule has 0 radical (unpaired) electrons. The smallest absolute Gasteiger partial charge is 0.424 e. The summed E-state index contributed by atoms with van der Waals surface area (Å²) in [4.78, 5) is 86.0. The molecule has 0 N–H and O–H groups in total. The molecule has 14 nitrogen and oxygen atoms in total. The number of hydrogen-bond donors (Lipinski definition) is 0. The first kappa shape index (κ1) is 50.4. The van der Waals surface area contributed by atoms with E-state index in [1.54, 1.807) is 60.7 Å². The molecule has 4 aliphatic carbocycles. The average molecular weight is 1080 g/mol. The molecule has 12 rings (SSSR count). The molecular weight excluding hydrogens is 1020 g/mol. The number of rotatable bonds is 6. The van der Waals surface area contributed by atoms with Crippen LogP contribution in [0.2, 0.25) is 0 Å². The van der Waals surface area contributed by atoms with Crippen LogP contribution >= 0.6 is 22.7 Å². The first-order chi connectivity index (χ1) is 37.8. The van der Waals surface area contributed by atoms with Crippen molar-refractivity contribution in [3.05, 3.63) is 172 Å². The number of amides is 6. The Hall–Kier alpha value is -8.44. The Kier molecular flexibility index (Phi) is 12.8. The van der Waals surface area contributed by atoms with Crippen molar-refractivity contribution >= 4 is 81.8 Å². The molecule has 2 fully saturated rings. The van der Waals surface area contributed by atoms with Crippen LogP contribution in [0, 0.1) is 34.5 Å². The largest absolute Gasteiger partial charge is 0.481 e. The second-order valence-corrected chi connectivity index (χ2v) is 23.0. The summed E-state index contributed by atoms with van der Waals surface area (Å²) >= 11 is 2.89. The van der Waals surface area contributed by atoms with Gasteiger partial charge in [-0.2, -0.15) is 20.3 Å². The van der Waals surface area contributed by atoms with E-state index in [4.69, 9.17) is 18.9 Å². The number of imide groups is 6. The van der Waals surface area contributed by atoms with Crippen LogP contribution in [0.25, 0.3) is 23.3 Å². The number of fused-ring (bicyclic) bond motifs is 9. The van der Waals surface area contributed by atoms with Crippen molar-refractivity contribution in [2.24, 2.45) is 11.8 Å². The fourth-order valence-electron chi connectivity index (χ4n) is 12.2. The molecule has 2 unspecified atom stereocenters. The monoisotopic (exact) mass is 1070 g/mol. The van der Waals surface area contributed by atoms with Gasteiger partial charge in [-0.15, -0.1) is 22.7 Å². The molecule has 8 aliphatic rings. The Bertz CT molecular complexity index is 3430. The summed E-state index contributed by atoms with van der Waals surface area (Å²) < 4.78 is 25.2. The Morgan fingerprint density at radius 1 is 0.590 bits per heavy atom. The summed E-state index contributed by atoms with van der Waals surface area (Å²) in [6, 6.07) is 25.4. The van der Waals surface area contributed by atoms with E-state index >= 15 is 0 Å². The van der Waals surface area contributed by atoms with Crippen molar-refractivity contribution < 1.29 is 47.7 Å². The van der Waals surface area contributed by atoms with Crippen molar-refractivity contribution in [1.29, 1.82) is 10.5 Å². The number of carbonyl (C=O) groups is 6. The second kappa shape index (κ2) is 19.8. The fraction of sp³-hybridized carbons (Fsp3) is 0.290. The summed E-state index contributed by atoms with van der Waals surface area (Å²) in [5, 5.41) is 20.3. The summed E-state index contributed by atoms with van der Waals surface area (Å²) in [6.45, 7) is 2.73. The van der Waals surface area contributed by atoms with Gasteiger partial charge in [-0.05, 0) is 123 Å². The third kappa shape index (κ3) is 8.51. The van der Waals surface area contributed by atoms with Gasteiger partial charge in [0.2, 0.25) is 0 Å². The van der Waals surface area contributed by atoms with E-state index in [0.717, 1.165) is 96.3 Å². The van der Waals surface area contributed by atoms with Crippen LogP contribution in [0.5, 0.6) is 11.5 Å². The molecule has 78 heavy (non-hydrogen) atoms. The first-order valence-electron chi connectivity index (χ1n) is 26.2. The summed E-state index contributed by atoms with van der Waals surface area (Å²) in [7, 11) is 0. The number of nitriles is 2. The van der Waals surface area contributed by atoms with Gasteiger partial charge in [0.1, 0.15) is 59.2 Å². The van der Waals surface area contributed by atoms with Crippen molar-refractivity contribution in [2.45, 2.75) is 102 Å². The van der Waals surface area contributed by atoms with Crippen LogP contribution in [-0.4, -0.2) is 56.8 Å². The first-order valence-corrected chi connectivity index (χ1v) is 27.8. The van der Waals surface area contributed by atoms with E-state index in [-0.39, 0.29) is 58.5 Å². The van der Waals surface area contributed by atoms with E-state index < -0.39 is 47.0 Å². The Balaban J connectivity index is 0.894. The maximum absolute atomic E-state index is 14.2. The number of ether oxygens (including phenoxy) is 4. The lowest BCUT2D eigenvalue weighted by atomic mass is 9.65. The van der Waals surface area contributed by atoms with E-state index in [1.807, 2.05) is 36.4 Å². The van der Waals surface area contributed by atoms with Crippen LogP contribution < -0.4 is 9.47 Å². The molecule has 390 valence electrons. The molecule has 4 aliphatic heterocycles. The van der Waals surface area contributed by atoms with Crippen LogP contribution in [0.15, 0.2) is 142 Å². The zero-order chi connectivity index (χ0) is 54.0. The summed E-state index contributed by atoms with van der Waals surface area (Å²) in [6.07, 6.45) is 19.7. The quantitative estimate of drug-likeness (QED) is 0.131. The van der Waals surface area contributed by atoms with Gasteiger partial charge in [-0.1, -0.05) is 97.8 Å². The van der Waals surface area contributed by atoms with Gasteiger partial charge < -0.3 is 18.9 Å². The zero-order valence-corrected chi connectivity index (χ0v) is 44.4. The number of carbonyl (C=O) groups excluding carboxylic acids is 6. The summed E-state index contributed by atoms with van der Waals surface area (Å²) in [5.74, 6) is -2.58. The minimum atomic E-state index is -1.17. The van der Waals surface area contributed by atoms with Gasteiger partial charge in [-0.3, -0.25) is 19.2 Å². The van der Waals surface area contributed by atoms with Crippen molar-refractivity contribution in [3.63, 3.8) is 0 Å². The minimum Gasteiger partial charge on any atom is -0.481 e. The maximum atomic E-state index is 14.2. The lowest BCUT2D eigenvalue weighted by molar-refractivity contribution is -0.140. The molecule has 0 saturated heterocycles. The predicted octanol–water partition coefficient (Wildman–Crippen LogP) is 12.4. The molecule has 2 aromatic heterocycles. The van der Waals surface area contributed by atoms with Crippen LogP contribution in [0.4, 0.5) is 9.59 Å². The normalized spacial score (nSPS) is 22.9. The Morgan fingerprint density at radius 3 is 1.35 bits per heavy atom. The molecule has 4 aromatic rings. The van der Waals surface area contributed by atoms with Crippen LogP contribution in [-0.2, 0) is 41.9 Å². The van der Waals surface area contributed by atoms with Gasteiger partial charge >= 0.3 is 12.2 Å². The van der Waals surface area contributed by atoms with Gasteiger partial charge in [0.15, 0.2) is 0 Å². The van der Waals surface area contributed by atoms with Gasteiger partial charge in [0.05, 0.1) is 9.75 Å². The van der Waals surface area contributed by atoms with E-state index in [2.05, 4.69) is 24.3 Å². The minimum absolute atomic E-state index is 0.0273. The van der Waals surface area contributed by atoms with Crippen LogP contribution in [0.3, 0.4) is 0 Å². The fourth-order valence-corrected chi connectivity index (χ4v) is 14.3. The molecule has 2 aromatic carbocycles. The molecule has 6 heterocycles. The number of nitrogens with zero attached hydrogens (tertiary/aromatic N) is 4. The molecule has 6 amide bonds.